The van der Waals surface area contributed by atoms with E-state index in [-0.39, 0.29) is 0 Å². The quantitative estimate of drug-likeness (QED) is 0.727. The third kappa shape index (κ3) is 3.60. The first-order valence-corrected chi connectivity index (χ1v) is 7.61. The number of methoxy groups -OCH3 is 2. The van der Waals surface area contributed by atoms with Crippen LogP contribution in [-0.4, -0.2) is 24.4 Å². The normalized spacial score (nSPS) is 10.5. The molecule has 24 heavy (non-hydrogen) atoms. The predicted octanol–water partition coefficient (Wildman–Crippen LogP) is 4.02. The number of anilines is 1. The summed E-state index contributed by atoms with van der Waals surface area (Å²) in [4.78, 5) is 0. The van der Waals surface area contributed by atoms with Crippen molar-refractivity contribution in [1.29, 1.82) is 0 Å². The summed E-state index contributed by atoms with van der Waals surface area (Å²) in [5, 5.41) is 11.9. The Labute approximate surface area is 144 Å². The molecule has 0 saturated carbocycles. The molecular formula is C17H16ClN3O3. The molecule has 3 aromatic rings. The standard InChI is InChI=1S/C17H16ClN3O3/c1-22-13-6-7-14(15(9-13)23-2)19-10-16-20-21-17(24-16)11-4-3-5-12(18)8-11/h3-9,19H,10H2,1-2H3. The van der Waals surface area contributed by atoms with Gasteiger partial charge in [0.15, 0.2) is 0 Å². The van der Waals surface area contributed by atoms with Crippen LogP contribution in [0, 0.1) is 0 Å². The van der Waals surface area contributed by atoms with Gasteiger partial charge >= 0.3 is 0 Å². The van der Waals surface area contributed by atoms with E-state index in [1.54, 1.807) is 32.4 Å². The molecule has 1 heterocycles. The van der Waals surface area contributed by atoms with Gasteiger partial charge in [-0.3, -0.25) is 0 Å². The summed E-state index contributed by atoms with van der Waals surface area (Å²) in [5.41, 5.74) is 1.59. The molecule has 124 valence electrons. The van der Waals surface area contributed by atoms with E-state index in [4.69, 9.17) is 25.5 Å². The first-order valence-electron chi connectivity index (χ1n) is 7.24. The lowest BCUT2D eigenvalue weighted by atomic mass is 10.2. The van der Waals surface area contributed by atoms with Gasteiger partial charge in [-0.15, -0.1) is 10.2 Å². The van der Waals surface area contributed by atoms with Gasteiger partial charge in [0.1, 0.15) is 11.5 Å². The van der Waals surface area contributed by atoms with Crippen LogP contribution in [0.25, 0.3) is 11.5 Å². The molecule has 0 radical (unpaired) electrons. The van der Waals surface area contributed by atoms with Crippen LogP contribution in [0.3, 0.4) is 0 Å². The van der Waals surface area contributed by atoms with Crippen molar-refractivity contribution < 1.29 is 13.9 Å². The Bertz CT molecular complexity index is 835. The maximum Gasteiger partial charge on any atom is 0.247 e. The van der Waals surface area contributed by atoms with Crippen LogP contribution in [0.4, 0.5) is 5.69 Å². The molecule has 0 fully saturated rings. The zero-order valence-corrected chi connectivity index (χ0v) is 14.0. The van der Waals surface area contributed by atoms with Crippen LogP contribution in [0.1, 0.15) is 5.89 Å². The number of nitrogens with zero attached hydrogens (tertiary/aromatic N) is 2. The zero-order chi connectivity index (χ0) is 16.9. The Hall–Kier alpha value is -2.73. The maximum absolute atomic E-state index is 5.97. The van der Waals surface area contributed by atoms with Gasteiger partial charge in [-0.25, -0.2) is 0 Å². The summed E-state index contributed by atoms with van der Waals surface area (Å²) < 4.78 is 16.2. The molecule has 0 aliphatic heterocycles. The average molecular weight is 346 g/mol. The second kappa shape index (κ2) is 7.23. The topological polar surface area (TPSA) is 69.4 Å². The fourth-order valence-electron chi connectivity index (χ4n) is 2.18. The Morgan fingerprint density at radius 3 is 2.71 bits per heavy atom. The third-order valence-electron chi connectivity index (χ3n) is 3.38. The predicted molar refractivity (Wildman–Crippen MR) is 91.6 cm³/mol. The second-order valence-corrected chi connectivity index (χ2v) is 5.37. The second-order valence-electron chi connectivity index (χ2n) is 4.93. The lowest BCUT2D eigenvalue weighted by molar-refractivity contribution is 0.395. The van der Waals surface area contributed by atoms with Crippen molar-refractivity contribution >= 4 is 17.3 Å². The van der Waals surface area contributed by atoms with Crippen molar-refractivity contribution in [2.75, 3.05) is 19.5 Å². The molecule has 0 aliphatic rings. The first kappa shape index (κ1) is 16.1. The minimum absolute atomic E-state index is 0.371. The van der Waals surface area contributed by atoms with Crippen molar-refractivity contribution in [3.05, 3.63) is 53.4 Å². The van der Waals surface area contributed by atoms with Gasteiger partial charge in [-0.05, 0) is 30.3 Å². The van der Waals surface area contributed by atoms with Gasteiger partial charge in [0.2, 0.25) is 11.8 Å². The van der Waals surface area contributed by atoms with E-state index >= 15 is 0 Å². The average Bonchev–Trinajstić information content (AvgIpc) is 3.09. The van der Waals surface area contributed by atoms with Crippen LogP contribution in [-0.2, 0) is 6.54 Å². The zero-order valence-electron chi connectivity index (χ0n) is 13.2. The van der Waals surface area contributed by atoms with Crippen LogP contribution in [0.2, 0.25) is 5.02 Å². The number of hydrogen-bond acceptors (Lipinski definition) is 6. The Kier molecular flexibility index (Phi) is 4.86. The van der Waals surface area contributed by atoms with Gasteiger partial charge in [0.25, 0.3) is 0 Å². The smallest absolute Gasteiger partial charge is 0.247 e. The summed E-state index contributed by atoms with van der Waals surface area (Å²) in [7, 11) is 3.21. The van der Waals surface area contributed by atoms with Gasteiger partial charge in [-0.1, -0.05) is 17.7 Å². The van der Waals surface area contributed by atoms with E-state index in [9.17, 15) is 0 Å². The van der Waals surface area contributed by atoms with Crippen molar-refractivity contribution in [1.82, 2.24) is 10.2 Å². The molecule has 1 aromatic heterocycles. The SMILES string of the molecule is COc1ccc(NCc2nnc(-c3cccc(Cl)c3)o2)c(OC)c1. The maximum atomic E-state index is 5.97. The van der Waals surface area contributed by atoms with Crippen LogP contribution < -0.4 is 14.8 Å². The molecule has 0 bridgehead atoms. The van der Waals surface area contributed by atoms with E-state index < -0.39 is 0 Å². The highest BCUT2D eigenvalue weighted by Crippen LogP contribution is 2.29. The number of nitrogens with one attached hydrogen (secondary N) is 1. The molecular weight excluding hydrogens is 330 g/mol. The molecule has 0 spiro atoms. The van der Waals surface area contributed by atoms with E-state index in [1.165, 1.54) is 0 Å². The molecule has 2 aromatic carbocycles. The number of halogens is 1. The number of hydrogen-bond donors (Lipinski definition) is 1. The Balaban J connectivity index is 1.72. The third-order valence-corrected chi connectivity index (χ3v) is 3.61. The summed E-state index contributed by atoms with van der Waals surface area (Å²) in [6, 6.07) is 12.8. The highest BCUT2D eigenvalue weighted by Gasteiger charge is 2.10. The summed E-state index contributed by atoms with van der Waals surface area (Å²) in [6.07, 6.45) is 0. The van der Waals surface area contributed by atoms with Crippen LogP contribution in [0.15, 0.2) is 46.9 Å². The summed E-state index contributed by atoms with van der Waals surface area (Å²) >= 11 is 5.97. The number of benzene rings is 2. The molecule has 3 rings (SSSR count). The molecule has 0 amide bonds. The molecule has 0 aliphatic carbocycles. The summed E-state index contributed by atoms with van der Waals surface area (Å²) in [5.74, 6) is 2.28. The minimum Gasteiger partial charge on any atom is -0.497 e. The molecule has 0 atom stereocenters. The fourth-order valence-corrected chi connectivity index (χ4v) is 2.37. The number of ether oxygens (including phenoxy) is 2. The van der Waals surface area contributed by atoms with Gasteiger partial charge in [0, 0.05) is 16.7 Å². The van der Waals surface area contributed by atoms with E-state index in [2.05, 4.69) is 15.5 Å². The van der Waals surface area contributed by atoms with Gasteiger partial charge in [-0.2, -0.15) is 0 Å². The van der Waals surface area contributed by atoms with E-state index in [1.807, 2.05) is 24.3 Å². The van der Waals surface area contributed by atoms with Crippen molar-refractivity contribution in [3.8, 4) is 23.0 Å². The first-order chi connectivity index (χ1) is 11.7. The van der Waals surface area contributed by atoms with E-state index in [0.717, 1.165) is 17.0 Å². The lowest BCUT2D eigenvalue weighted by Crippen LogP contribution is -2.02. The molecule has 0 unspecified atom stereocenters. The van der Waals surface area contributed by atoms with Gasteiger partial charge in [0.05, 0.1) is 26.5 Å². The molecule has 7 heteroatoms. The van der Waals surface area contributed by atoms with Crippen LogP contribution >= 0.6 is 11.6 Å². The monoisotopic (exact) mass is 345 g/mol. The largest absolute Gasteiger partial charge is 0.497 e. The fraction of sp³-hybridized carbons (Fsp3) is 0.176. The Morgan fingerprint density at radius 2 is 1.96 bits per heavy atom. The van der Waals surface area contributed by atoms with Gasteiger partial charge < -0.3 is 19.2 Å². The van der Waals surface area contributed by atoms with Crippen molar-refractivity contribution in [2.45, 2.75) is 6.54 Å². The van der Waals surface area contributed by atoms with Crippen molar-refractivity contribution in [2.24, 2.45) is 0 Å². The minimum atomic E-state index is 0.371. The van der Waals surface area contributed by atoms with Crippen LogP contribution in [0.5, 0.6) is 11.5 Å². The lowest BCUT2D eigenvalue weighted by Gasteiger charge is -2.11. The summed E-state index contributed by atoms with van der Waals surface area (Å²) in [6.45, 7) is 0.371. The highest BCUT2D eigenvalue weighted by atomic mass is 35.5. The van der Waals surface area contributed by atoms with E-state index in [0.29, 0.717) is 29.1 Å². The molecule has 0 saturated heterocycles. The number of rotatable bonds is 6. The molecule has 6 nitrogen and oxygen atoms in total. The highest BCUT2D eigenvalue weighted by molar-refractivity contribution is 6.30. The number of aromatic nitrogens is 2. The molecule has 1 N–H and O–H groups in total. The van der Waals surface area contributed by atoms with Crippen molar-refractivity contribution in [3.63, 3.8) is 0 Å². The Morgan fingerprint density at radius 1 is 1.08 bits per heavy atom.